The lowest BCUT2D eigenvalue weighted by atomic mass is 9.85. The van der Waals surface area contributed by atoms with Crippen molar-refractivity contribution in [2.45, 2.75) is 38.5 Å². The summed E-state index contributed by atoms with van der Waals surface area (Å²) in [7, 11) is 0. The molecule has 4 heteroatoms. The monoisotopic (exact) mass is 194 g/mol. The highest BCUT2D eigenvalue weighted by atomic mass is 16.3. The van der Waals surface area contributed by atoms with Crippen LogP contribution >= 0.6 is 0 Å². The minimum atomic E-state index is -0.193. The molecule has 1 saturated carbocycles. The first kappa shape index (κ1) is 9.24. The van der Waals surface area contributed by atoms with E-state index in [4.69, 9.17) is 0 Å². The predicted molar refractivity (Wildman–Crippen MR) is 52.5 cm³/mol. The molecule has 1 aromatic heterocycles. The van der Waals surface area contributed by atoms with Gasteiger partial charge in [-0.3, -0.25) is 4.79 Å². The van der Waals surface area contributed by atoms with Crippen molar-refractivity contribution in [3.05, 3.63) is 21.7 Å². The molecule has 0 saturated heterocycles. The van der Waals surface area contributed by atoms with E-state index in [2.05, 4.69) is 9.97 Å². The molecular formula is C10H14N2O2. The van der Waals surface area contributed by atoms with Gasteiger partial charge in [-0.25, -0.2) is 0 Å². The average molecular weight is 194 g/mol. The molecule has 0 spiro atoms. The number of hydrogen-bond acceptors (Lipinski definition) is 3. The third-order valence-electron chi connectivity index (χ3n) is 2.86. The number of nitrogens with one attached hydrogen (secondary N) is 1. The number of hydrogen-bond donors (Lipinski definition) is 2. The molecule has 0 bridgehead atoms. The van der Waals surface area contributed by atoms with Crippen molar-refractivity contribution in [1.29, 1.82) is 0 Å². The maximum absolute atomic E-state index is 11.5. The number of H-pyrrole nitrogens is 1. The Bertz CT molecular complexity index is 394. The Morgan fingerprint density at radius 1 is 1.57 bits per heavy atom. The van der Waals surface area contributed by atoms with Gasteiger partial charge in [0.1, 0.15) is 5.82 Å². The van der Waals surface area contributed by atoms with Crippen LogP contribution in [0.5, 0.6) is 5.88 Å². The highest BCUT2D eigenvalue weighted by molar-refractivity contribution is 5.23. The first-order chi connectivity index (χ1) is 6.72. The quantitative estimate of drug-likeness (QED) is 0.745. The summed E-state index contributed by atoms with van der Waals surface area (Å²) in [5.41, 5.74) is 0.190. The van der Waals surface area contributed by atoms with E-state index >= 15 is 0 Å². The molecule has 0 aliphatic heterocycles. The number of aromatic amines is 1. The summed E-state index contributed by atoms with van der Waals surface area (Å²) in [6, 6.07) is 0. The van der Waals surface area contributed by atoms with Gasteiger partial charge in [-0.1, -0.05) is 13.3 Å². The van der Waals surface area contributed by atoms with Crippen LogP contribution in [0.4, 0.5) is 0 Å². The fourth-order valence-corrected chi connectivity index (χ4v) is 1.70. The molecule has 1 aliphatic rings. The standard InChI is InChI=1S/C10H14N2O2/c1-2-7-9(13)11-8(12-10(7)14)6-4-3-5-6/h6H,2-5H2,1H3,(H2,11,12,13,14). The minimum absolute atomic E-state index is 0.0989. The lowest BCUT2D eigenvalue weighted by molar-refractivity contribution is 0.384. The molecule has 1 aliphatic carbocycles. The van der Waals surface area contributed by atoms with Crippen LogP contribution in [0.1, 0.15) is 43.5 Å². The molecule has 0 unspecified atom stereocenters. The minimum Gasteiger partial charge on any atom is -0.493 e. The van der Waals surface area contributed by atoms with Crippen molar-refractivity contribution >= 4 is 0 Å². The van der Waals surface area contributed by atoms with Crippen LogP contribution in [0.25, 0.3) is 0 Å². The summed E-state index contributed by atoms with van der Waals surface area (Å²) in [5, 5.41) is 9.51. The first-order valence-electron chi connectivity index (χ1n) is 5.04. The van der Waals surface area contributed by atoms with E-state index in [1.807, 2.05) is 6.92 Å². The average Bonchev–Trinajstić information content (AvgIpc) is 2.00. The molecule has 0 atom stereocenters. The summed E-state index contributed by atoms with van der Waals surface area (Å²) < 4.78 is 0. The van der Waals surface area contributed by atoms with E-state index < -0.39 is 0 Å². The first-order valence-corrected chi connectivity index (χ1v) is 5.04. The lowest BCUT2D eigenvalue weighted by Gasteiger charge is -2.24. The molecule has 0 amide bonds. The Morgan fingerprint density at radius 2 is 2.29 bits per heavy atom. The third kappa shape index (κ3) is 1.41. The predicted octanol–water partition coefficient (Wildman–Crippen LogP) is 1.31. The van der Waals surface area contributed by atoms with E-state index in [0.29, 0.717) is 23.7 Å². The Morgan fingerprint density at radius 3 is 2.71 bits per heavy atom. The lowest BCUT2D eigenvalue weighted by Crippen LogP contribution is -2.21. The normalized spacial score (nSPS) is 16.6. The molecule has 1 aromatic rings. The summed E-state index contributed by atoms with van der Waals surface area (Å²) in [6.45, 7) is 1.83. The van der Waals surface area contributed by atoms with Gasteiger partial charge in [0, 0.05) is 5.92 Å². The van der Waals surface area contributed by atoms with E-state index in [9.17, 15) is 9.90 Å². The van der Waals surface area contributed by atoms with Gasteiger partial charge < -0.3 is 10.1 Å². The molecule has 1 heterocycles. The third-order valence-corrected chi connectivity index (χ3v) is 2.86. The number of rotatable bonds is 2. The van der Waals surface area contributed by atoms with Gasteiger partial charge in [0.05, 0.1) is 5.56 Å². The van der Waals surface area contributed by atoms with E-state index in [1.54, 1.807) is 0 Å². The van der Waals surface area contributed by atoms with Crippen molar-refractivity contribution in [2.75, 3.05) is 0 Å². The highest BCUT2D eigenvalue weighted by Crippen LogP contribution is 2.34. The second kappa shape index (κ2) is 3.44. The van der Waals surface area contributed by atoms with Crippen LogP contribution in [0.3, 0.4) is 0 Å². The van der Waals surface area contributed by atoms with Gasteiger partial charge in [0.25, 0.3) is 5.56 Å². The summed E-state index contributed by atoms with van der Waals surface area (Å²) >= 11 is 0. The zero-order valence-electron chi connectivity index (χ0n) is 8.21. The zero-order chi connectivity index (χ0) is 10.1. The van der Waals surface area contributed by atoms with Crippen LogP contribution in [0, 0.1) is 0 Å². The van der Waals surface area contributed by atoms with Gasteiger partial charge >= 0.3 is 0 Å². The largest absolute Gasteiger partial charge is 0.493 e. The maximum atomic E-state index is 11.5. The Balaban J connectivity index is 2.40. The summed E-state index contributed by atoms with van der Waals surface area (Å²) in [5.74, 6) is 0.897. The molecule has 2 rings (SSSR count). The fraction of sp³-hybridized carbons (Fsp3) is 0.600. The Labute approximate surface area is 82.0 Å². The molecule has 76 valence electrons. The maximum Gasteiger partial charge on any atom is 0.257 e. The van der Waals surface area contributed by atoms with Crippen LogP contribution in [-0.2, 0) is 6.42 Å². The smallest absolute Gasteiger partial charge is 0.257 e. The van der Waals surface area contributed by atoms with Gasteiger partial charge in [-0.05, 0) is 19.3 Å². The Hall–Kier alpha value is -1.32. The molecule has 2 N–H and O–H groups in total. The van der Waals surface area contributed by atoms with Crippen LogP contribution in [0.15, 0.2) is 4.79 Å². The second-order valence-corrected chi connectivity index (χ2v) is 3.73. The second-order valence-electron chi connectivity index (χ2n) is 3.73. The van der Waals surface area contributed by atoms with Crippen molar-refractivity contribution in [3.8, 4) is 5.88 Å². The van der Waals surface area contributed by atoms with Crippen molar-refractivity contribution in [2.24, 2.45) is 0 Å². The summed E-state index contributed by atoms with van der Waals surface area (Å²) in [6.07, 6.45) is 3.82. The van der Waals surface area contributed by atoms with E-state index in [-0.39, 0.29) is 11.4 Å². The van der Waals surface area contributed by atoms with Crippen LogP contribution < -0.4 is 5.56 Å². The van der Waals surface area contributed by atoms with Gasteiger partial charge in [-0.2, -0.15) is 4.98 Å². The highest BCUT2D eigenvalue weighted by Gasteiger charge is 2.23. The SMILES string of the molecule is CCc1c(O)nc(C2CCC2)[nH]c1=O. The Kier molecular flexibility index (Phi) is 2.27. The molecular weight excluding hydrogens is 180 g/mol. The fourth-order valence-electron chi connectivity index (χ4n) is 1.70. The molecule has 0 radical (unpaired) electrons. The number of aromatic nitrogens is 2. The number of aromatic hydroxyl groups is 1. The van der Waals surface area contributed by atoms with Crippen molar-refractivity contribution < 1.29 is 5.11 Å². The van der Waals surface area contributed by atoms with Crippen molar-refractivity contribution in [1.82, 2.24) is 9.97 Å². The van der Waals surface area contributed by atoms with E-state index in [0.717, 1.165) is 12.8 Å². The van der Waals surface area contributed by atoms with Crippen molar-refractivity contribution in [3.63, 3.8) is 0 Å². The van der Waals surface area contributed by atoms with Gasteiger partial charge in [-0.15, -0.1) is 0 Å². The molecule has 4 nitrogen and oxygen atoms in total. The van der Waals surface area contributed by atoms with E-state index in [1.165, 1.54) is 6.42 Å². The summed E-state index contributed by atoms with van der Waals surface area (Å²) in [4.78, 5) is 18.3. The van der Waals surface area contributed by atoms with Gasteiger partial charge in [0.15, 0.2) is 0 Å². The van der Waals surface area contributed by atoms with Crippen LogP contribution in [0.2, 0.25) is 0 Å². The number of nitrogens with zero attached hydrogens (tertiary/aromatic N) is 1. The van der Waals surface area contributed by atoms with Gasteiger partial charge in [0.2, 0.25) is 5.88 Å². The molecule has 14 heavy (non-hydrogen) atoms. The zero-order valence-corrected chi connectivity index (χ0v) is 8.21. The van der Waals surface area contributed by atoms with Crippen LogP contribution in [-0.4, -0.2) is 15.1 Å². The topological polar surface area (TPSA) is 66.0 Å². The molecule has 0 aromatic carbocycles. The molecule has 1 fully saturated rings.